The van der Waals surface area contributed by atoms with Crippen LogP contribution in [0.15, 0.2) is 6.20 Å². The summed E-state index contributed by atoms with van der Waals surface area (Å²) in [5.41, 5.74) is 0.522. The smallest absolute Gasteiger partial charge is 0.108 e. The van der Waals surface area contributed by atoms with Gasteiger partial charge in [-0.05, 0) is 0 Å². The van der Waals surface area contributed by atoms with Gasteiger partial charge in [0.2, 0.25) is 0 Å². The molecule has 1 rings (SSSR count). The van der Waals surface area contributed by atoms with Gasteiger partial charge in [-0.1, -0.05) is 32.9 Å². The second kappa shape index (κ2) is 12.1. The standard InChI is InChI=1S/C5H9N3O2.2C2H6/c9-2-1-8-3-5(4-10)6-7-8;2*1-2/h3,9-10H,1-2,4H2;2*1-2H3. The predicted molar refractivity (Wildman–Crippen MR) is 55.7 cm³/mol. The number of hydrogen-bond acceptors (Lipinski definition) is 4. The zero-order valence-corrected chi connectivity index (χ0v) is 9.43. The Morgan fingerprint density at radius 2 is 1.79 bits per heavy atom. The van der Waals surface area contributed by atoms with Crippen LogP contribution in [-0.2, 0) is 13.2 Å². The Morgan fingerprint density at radius 1 is 1.21 bits per heavy atom. The predicted octanol–water partition coefficient (Wildman–Crippen LogP) is 0.815. The lowest BCUT2D eigenvalue weighted by molar-refractivity contribution is 0.267. The van der Waals surface area contributed by atoms with Crippen molar-refractivity contribution >= 4 is 0 Å². The van der Waals surface area contributed by atoms with E-state index in [1.54, 1.807) is 6.20 Å². The van der Waals surface area contributed by atoms with Crippen molar-refractivity contribution in [3.05, 3.63) is 11.9 Å². The van der Waals surface area contributed by atoms with Crippen LogP contribution in [0, 0.1) is 0 Å². The van der Waals surface area contributed by atoms with E-state index in [0.29, 0.717) is 12.2 Å². The van der Waals surface area contributed by atoms with Crippen LogP contribution in [0.2, 0.25) is 0 Å². The minimum atomic E-state index is -0.106. The maximum Gasteiger partial charge on any atom is 0.108 e. The number of aromatic nitrogens is 3. The SMILES string of the molecule is CC.CC.OCCn1cc(CO)nn1. The van der Waals surface area contributed by atoms with Crippen LogP contribution < -0.4 is 0 Å². The highest BCUT2D eigenvalue weighted by molar-refractivity contribution is 4.88. The molecule has 0 amide bonds. The van der Waals surface area contributed by atoms with E-state index >= 15 is 0 Å². The maximum absolute atomic E-state index is 8.54. The van der Waals surface area contributed by atoms with Crippen LogP contribution in [-0.4, -0.2) is 31.8 Å². The zero-order chi connectivity index (χ0) is 11.4. The third-order valence-electron chi connectivity index (χ3n) is 1.08. The summed E-state index contributed by atoms with van der Waals surface area (Å²) in [4.78, 5) is 0. The molecule has 1 aromatic rings. The van der Waals surface area contributed by atoms with Crippen LogP contribution in [0.4, 0.5) is 0 Å². The van der Waals surface area contributed by atoms with Crippen LogP contribution in [0.5, 0.6) is 0 Å². The molecule has 0 atom stereocenters. The molecule has 1 heterocycles. The zero-order valence-electron chi connectivity index (χ0n) is 9.43. The molecule has 5 nitrogen and oxygen atoms in total. The summed E-state index contributed by atoms with van der Waals surface area (Å²) < 4.78 is 1.48. The molecule has 0 bridgehead atoms. The fourth-order valence-corrected chi connectivity index (χ4v) is 0.623. The third kappa shape index (κ3) is 6.56. The van der Waals surface area contributed by atoms with Gasteiger partial charge in [0.05, 0.1) is 26.0 Å². The van der Waals surface area contributed by atoms with Crippen molar-refractivity contribution in [2.45, 2.75) is 40.8 Å². The number of aliphatic hydroxyl groups excluding tert-OH is 2. The lowest BCUT2D eigenvalue weighted by Gasteiger charge is -1.91. The van der Waals surface area contributed by atoms with Gasteiger partial charge in [-0.25, -0.2) is 4.68 Å². The van der Waals surface area contributed by atoms with Crippen molar-refractivity contribution in [1.82, 2.24) is 15.0 Å². The van der Waals surface area contributed by atoms with Gasteiger partial charge in [-0.3, -0.25) is 0 Å². The lowest BCUT2D eigenvalue weighted by atomic mass is 10.5. The molecule has 0 spiro atoms. The molecule has 5 heteroatoms. The van der Waals surface area contributed by atoms with Crippen molar-refractivity contribution in [3.63, 3.8) is 0 Å². The first-order chi connectivity index (χ1) is 6.86. The normalized spacial score (nSPS) is 8.14. The Bertz CT molecular complexity index is 202. The van der Waals surface area contributed by atoms with Gasteiger partial charge < -0.3 is 10.2 Å². The Morgan fingerprint density at radius 3 is 2.14 bits per heavy atom. The Labute approximate surface area is 85.4 Å². The highest BCUT2D eigenvalue weighted by atomic mass is 16.3. The second-order valence-corrected chi connectivity index (χ2v) is 1.85. The van der Waals surface area contributed by atoms with Gasteiger partial charge in [0, 0.05) is 0 Å². The van der Waals surface area contributed by atoms with E-state index in [-0.39, 0.29) is 13.2 Å². The average Bonchev–Trinajstić information content (AvgIpc) is 2.72. The Hall–Kier alpha value is -0.940. The summed E-state index contributed by atoms with van der Waals surface area (Å²) in [6.07, 6.45) is 1.59. The highest BCUT2D eigenvalue weighted by Gasteiger charge is 1.95. The van der Waals surface area contributed by atoms with Gasteiger partial charge in [-0.15, -0.1) is 5.10 Å². The van der Waals surface area contributed by atoms with E-state index < -0.39 is 0 Å². The fourth-order valence-electron chi connectivity index (χ4n) is 0.623. The van der Waals surface area contributed by atoms with Gasteiger partial charge in [0.25, 0.3) is 0 Å². The van der Waals surface area contributed by atoms with Crippen molar-refractivity contribution in [2.24, 2.45) is 0 Å². The van der Waals surface area contributed by atoms with Gasteiger partial charge in [-0.2, -0.15) is 0 Å². The van der Waals surface area contributed by atoms with E-state index in [9.17, 15) is 0 Å². The minimum absolute atomic E-state index is 0.0359. The Kier molecular flexibility index (Phi) is 13.4. The topological polar surface area (TPSA) is 71.2 Å². The summed E-state index contributed by atoms with van der Waals surface area (Å²) in [5, 5.41) is 24.2. The fraction of sp³-hybridized carbons (Fsp3) is 0.778. The molecule has 0 aliphatic carbocycles. The molecule has 0 aromatic carbocycles. The molecule has 0 saturated heterocycles. The Balaban J connectivity index is 0. The molecule has 0 aliphatic heterocycles. The van der Waals surface area contributed by atoms with Crippen molar-refractivity contribution in [1.29, 1.82) is 0 Å². The monoisotopic (exact) mass is 203 g/mol. The largest absolute Gasteiger partial charge is 0.394 e. The van der Waals surface area contributed by atoms with Crippen LogP contribution >= 0.6 is 0 Å². The summed E-state index contributed by atoms with van der Waals surface area (Å²) in [6.45, 7) is 8.35. The van der Waals surface area contributed by atoms with Gasteiger partial charge in [0.15, 0.2) is 0 Å². The summed E-state index contributed by atoms with van der Waals surface area (Å²) >= 11 is 0. The number of rotatable bonds is 3. The minimum Gasteiger partial charge on any atom is -0.394 e. The molecule has 84 valence electrons. The van der Waals surface area contributed by atoms with Crippen molar-refractivity contribution < 1.29 is 10.2 Å². The van der Waals surface area contributed by atoms with Crippen molar-refractivity contribution in [2.75, 3.05) is 6.61 Å². The van der Waals surface area contributed by atoms with E-state index in [2.05, 4.69) is 10.3 Å². The lowest BCUT2D eigenvalue weighted by Crippen LogP contribution is -2.02. The van der Waals surface area contributed by atoms with E-state index in [1.807, 2.05) is 27.7 Å². The first-order valence-electron chi connectivity index (χ1n) is 4.97. The molecular formula is C9H21N3O2. The third-order valence-corrected chi connectivity index (χ3v) is 1.08. The van der Waals surface area contributed by atoms with Crippen LogP contribution in [0.1, 0.15) is 33.4 Å². The molecular weight excluding hydrogens is 182 g/mol. The summed E-state index contributed by atoms with van der Waals surface area (Å²) in [5.74, 6) is 0. The first-order valence-corrected chi connectivity index (χ1v) is 4.97. The summed E-state index contributed by atoms with van der Waals surface area (Å²) in [6, 6.07) is 0. The second-order valence-electron chi connectivity index (χ2n) is 1.85. The van der Waals surface area contributed by atoms with Gasteiger partial charge in [0.1, 0.15) is 5.69 Å². The molecule has 1 aromatic heterocycles. The van der Waals surface area contributed by atoms with Crippen molar-refractivity contribution in [3.8, 4) is 0 Å². The molecule has 14 heavy (non-hydrogen) atoms. The van der Waals surface area contributed by atoms with E-state index in [1.165, 1.54) is 4.68 Å². The maximum atomic E-state index is 8.54. The molecule has 0 radical (unpaired) electrons. The first kappa shape index (κ1) is 15.5. The van der Waals surface area contributed by atoms with Crippen LogP contribution in [0.3, 0.4) is 0 Å². The molecule has 0 saturated carbocycles. The number of hydrogen-bond donors (Lipinski definition) is 2. The van der Waals surface area contributed by atoms with E-state index in [0.717, 1.165) is 0 Å². The highest BCUT2D eigenvalue weighted by Crippen LogP contribution is 1.90. The van der Waals surface area contributed by atoms with Crippen LogP contribution in [0.25, 0.3) is 0 Å². The number of aliphatic hydroxyl groups is 2. The van der Waals surface area contributed by atoms with Gasteiger partial charge >= 0.3 is 0 Å². The molecule has 0 fully saturated rings. The average molecular weight is 203 g/mol. The molecule has 0 unspecified atom stereocenters. The quantitative estimate of drug-likeness (QED) is 0.762. The number of nitrogens with zero attached hydrogens (tertiary/aromatic N) is 3. The summed E-state index contributed by atoms with van der Waals surface area (Å²) in [7, 11) is 0. The molecule has 0 aliphatic rings. The molecule has 2 N–H and O–H groups in total. The van der Waals surface area contributed by atoms with E-state index in [4.69, 9.17) is 10.2 Å².